The van der Waals surface area contributed by atoms with Crippen LogP contribution < -0.4 is 0 Å². The zero-order chi connectivity index (χ0) is 12.6. The molecule has 0 radical (unpaired) electrons. The van der Waals surface area contributed by atoms with Crippen molar-refractivity contribution in [3.63, 3.8) is 0 Å². The lowest BCUT2D eigenvalue weighted by Gasteiger charge is -2.33. The van der Waals surface area contributed by atoms with E-state index in [2.05, 4.69) is 11.8 Å². The highest BCUT2D eigenvalue weighted by Crippen LogP contribution is 2.15. The van der Waals surface area contributed by atoms with Crippen molar-refractivity contribution in [2.24, 2.45) is 0 Å². The Kier molecular flexibility index (Phi) is 6.41. The predicted octanol–water partition coefficient (Wildman–Crippen LogP) is 2.03. The van der Waals surface area contributed by atoms with Crippen LogP contribution in [-0.2, 0) is 14.2 Å². The SMILES string of the molecule is CCCOC1CCCN(CCC2OCCCO2)C1. The van der Waals surface area contributed by atoms with Gasteiger partial charge >= 0.3 is 0 Å². The first-order valence-corrected chi connectivity index (χ1v) is 7.45. The standard InChI is InChI=1S/C14H27NO3/c1-2-9-16-13-5-3-7-15(12-13)8-6-14-17-10-4-11-18-14/h13-14H,2-12H2,1H3. The topological polar surface area (TPSA) is 30.9 Å². The molecule has 0 aliphatic carbocycles. The van der Waals surface area contributed by atoms with Gasteiger partial charge in [-0.25, -0.2) is 0 Å². The van der Waals surface area contributed by atoms with Gasteiger partial charge in [0.1, 0.15) is 0 Å². The highest BCUT2D eigenvalue weighted by atomic mass is 16.7. The van der Waals surface area contributed by atoms with Gasteiger partial charge in [-0.15, -0.1) is 0 Å². The van der Waals surface area contributed by atoms with E-state index in [1.807, 2.05) is 0 Å². The van der Waals surface area contributed by atoms with Gasteiger partial charge in [0, 0.05) is 26.1 Å². The normalized spacial score (nSPS) is 27.5. The first-order valence-electron chi connectivity index (χ1n) is 7.45. The molecule has 0 N–H and O–H groups in total. The smallest absolute Gasteiger partial charge is 0.158 e. The summed E-state index contributed by atoms with van der Waals surface area (Å²) in [5, 5.41) is 0. The summed E-state index contributed by atoms with van der Waals surface area (Å²) >= 11 is 0. The number of hydrogen-bond acceptors (Lipinski definition) is 4. The first-order chi connectivity index (χ1) is 8.88. The van der Waals surface area contributed by atoms with Crippen molar-refractivity contribution in [1.29, 1.82) is 0 Å². The van der Waals surface area contributed by atoms with Crippen LogP contribution in [0.15, 0.2) is 0 Å². The highest BCUT2D eigenvalue weighted by Gasteiger charge is 2.22. The summed E-state index contributed by atoms with van der Waals surface area (Å²) in [7, 11) is 0. The minimum absolute atomic E-state index is 0.0238. The van der Waals surface area contributed by atoms with Crippen LogP contribution >= 0.6 is 0 Å². The summed E-state index contributed by atoms with van der Waals surface area (Å²) in [4.78, 5) is 2.49. The average Bonchev–Trinajstić information content (AvgIpc) is 2.44. The Bertz CT molecular complexity index is 219. The van der Waals surface area contributed by atoms with Gasteiger partial charge in [0.15, 0.2) is 6.29 Å². The minimum Gasteiger partial charge on any atom is -0.377 e. The molecular formula is C14H27NO3. The molecule has 4 heteroatoms. The van der Waals surface area contributed by atoms with Crippen molar-refractivity contribution >= 4 is 0 Å². The fourth-order valence-electron chi connectivity index (χ4n) is 2.63. The van der Waals surface area contributed by atoms with Crippen LogP contribution in [0, 0.1) is 0 Å². The van der Waals surface area contributed by atoms with Crippen LogP contribution in [0.4, 0.5) is 0 Å². The number of nitrogens with zero attached hydrogens (tertiary/aromatic N) is 1. The molecular weight excluding hydrogens is 230 g/mol. The maximum absolute atomic E-state index is 5.85. The van der Waals surface area contributed by atoms with E-state index in [0.29, 0.717) is 6.10 Å². The van der Waals surface area contributed by atoms with E-state index in [4.69, 9.17) is 14.2 Å². The lowest BCUT2D eigenvalue weighted by molar-refractivity contribution is -0.183. The molecule has 18 heavy (non-hydrogen) atoms. The van der Waals surface area contributed by atoms with Gasteiger partial charge < -0.3 is 19.1 Å². The Morgan fingerprint density at radius 1 is 1.22 bits per heavy atom. The van der Waals surface area contributed by atoms with E-state index < -0.39 is 0 Å². The van der Waals surface area contributed by atoms with Crippen molar-refractivity contribution in [3.05, 3.63) is 0 Å². The zero-order valence-electron chi connectivity index (χ0n) is 11.6. The van der Waals surface area contributed by atoms with Crippen LogP contribution in [0.2, 0.25) is 0 Å². The Morgan fingerprint density at radius 2 is 2.06 bits per heavy atom. The molecule has 0 aromatic carbocycles. The van der Waals surface area contributed by atoms with E-state index in [9.17, 15) is 0 Å². The fraction of sp³-hybridized carbons (Fsp3) is 1.00. The predicted molar refractivity (Wildman–Crippen MR) is 70.6 cm³/mol. The van der Waals surface area contributed by atoms with E-state index in [-0.39, 0.29) is 6.29 Å². The van der Waals surface area contributed by atoms with E-state index in [1.54, 1.807) is 0 Å². The molecule has 106 valence electrons. The lowest BCUT2D eigenvalue weighted by Crippen LogP contribution is -2.41. The number of likely N-dealkylation sites (tertiary alicyclic amines) is 1. The van der Waals surface area contributed by atoms with Gasteiger partial charge in [0.25, 0.3) is 0 Å². The lowest BCUT2D eigenvalue weighted by atomic mass is 10.1. The Hall–Kier alpha value is -0.160. The summed E-state index contributed by atoms with van der Waals surface area (Å²) in [6.07, 6.45) is 6.06. The fourth-order valence-corrected chi connectivity index (χ4v) is 2.63. The van der Waals surface area contributed by atoms with Crippen LogP contribution in [0.25, 0.3) is 0 Å². The Labute approximate surface area is 111 Å². The highest BCUT2D eigenvalue weighted by molar-refractivity contribution is 4.73. The van der Waals surface area contributed by atoms with Gasteiger partial charge in [-0.1, -0.05) is 6.92 Å². The summed E-state index contributed by atoms with van der Waals surface area (Å²) in [5.41, 5.74) is 0. The van der Waals surface area contributed by atoms with E-state index in [0.717, 1.165) is 52.2 Å². The monoisotopic (exact) mass is 257 g/mol. The van der Waals surface area contributed by atoms with Crippen LogP contribution in [-0.4, -0.2) is 56.7 Å². The molecule has 0 aromatic heterocycles. The van der Waals surface area contributed by atoms with Crippen molar-refractivity contribution in [3.8, 4) is 0 Å². The summed E-state index contributed by atoms with van der Waals surface area (Å²) in [5.74, 6) is 0. The molecule has 2 aliphatic heterocycles. The Balaban J connectivity index is 1.62. The first kappa shape index (κ1) is 14.3. The molecule has 2 heterocycles. The molecule has 1 atom stereocenters. The van der Waals surface area contributed by atoms with Gasteiger partial charge in [-0.2, -0.15) is 0 Å². The summed E-state index contributed by atoms with van der Waals surface area (Å²) in [6, 6.07) is 0. The minimum atomic E-state index is 0.0238. The molecule has 2 fully saturated rings. The second kappa shape index (κ2) is 8.10. The molecule has 2 aliphatic rings. The van der Waals surface area contributed by atoms with Gasteiger partial charge in [-0.3, -0.25) is 0 Å². The molecule has 0 spiro atoms. The van der Waals surface area contributed by atoms with Gasteiger partial charge in [0.2, 0.25) is 0 Å². The number of ether oxygens (including phenoxy) is 3. The number of piperidine rings is 1. The maximum Gasteiger partial charge on any atom is 0.158 e. The molecule has 0 amide bonds. The van der Waals surface area contributed by atoms with E-state index in [1.165, 1.54) is 19.4 Å². The number of hydrogen-bond donors (Lipinski definition) is 0. The second-order valence-electron chi connectivity index (χ2n) is 5.25. The Morgan fingerprint density at radius 3 is 2.83 bits per heavy atom. The molecule has 0 saturated carbocycles. The summed E-state index contributed by atoms with van der Waals surface area (Å²) < 4.78 is 17.0. The average molecular weight is 257 g/mol. The van der Waals surface area contributed by atoms with Crippen molar-refractivity contribution < 1.29 is 14.2 Å². The van der Waals surface area contributed by atoms with Crippen LogP contribution in [0.3, 0.4) is 0 Å². The third kappa shape index (κ3) is 4.84. The quantitative estimate of drug-likeness (QED) is 0.728. The molecule has 2 saturated heterocycles. The van der Waals surface area contributed by atoms with Gasteiger partial charge in [0.05, 0.1) is 19.3 Å². The van der Waals surface area contributed by atoms with Crippen molar-refractivity contribution in [1.82, 2.24) is 4.90 Å². The summed E-state index contributed by atoms with van der Waals surface area (Å²) in [6.45, 7) is 8.10. The maximum atomic E-state index is 5.85. The molecule has 0 bridgehead atoms. The molecule has 2 rings (SSSR count). The molecule has 1 unspecified atom stereocenters. The van der Waals surface area contributed by atoms with E-state index >= 15 is 0 Å². The van der Waals surface area contributed by atoms with Crippen LogP contribution in [0.5, 0.6) is 0 Å². The largest absolute Gasteiger partial charge is 0.377 e. The molecule has 4 nitrogen and oxygen atoms in total. The third-order valence-electron chi connectivity index (χ3n) is 3.60. The van der Waals surface area contributed by atoms with Gasteiger partial charge in [-0.05, 0) is 32.2 Å². The van der Waals surface area contributed by atoms with Crippen molar-refractivity contribution in [2.75, 3.05) is 39.5 Å². The third-order valence-corrected chi connectivity index (χ3v) is 3.60. The second-order valence-corrected chi connectivity index (χ2v) is 5.25. The molecule has 0 aromatic rings. The van der Waals surface area contributed by atoms with Crippen LogP contribution in [0.1, 0.15) is 39.0 Å². The zero-order valence-corrected chi connectivity index (χ0v) is 11.6. The van der Waals surface area contributed by atoms with Crippen molar-refractivity contribution in [2.45, 2.75) is 51.4 Å². The number of rotatable bonds is 6.